The fourth-order valence-corrected chi connectivity index (χ4v) is 2.64. The van der Waals surface area contributed by atoms with Crippen molar-refractivity contribution < 1.29 is 14.3 Å². The van der Waals surface area contributed by atoms with Crippen molar-refractivity contribution in [3.8, 4) is 5.75 Å². The summed E-state index contributed by atoms with van der Waals surface area (Å²) in [6.07, 6.45) is -0.219. The molecule has 2 aliphatic heterocycles. The number of hydrogen-bond donors (Lipinski definition) is 0. The standard InChI is InChI=1S/C12H9N3O3S/c1-18-8-4-2-7(3-5-8)11-14-15-10(17)6-9(16)13-12(15)19-11/h2-5H,6H2,1H3. The minimum atomic E-state index is -0.421. The monoisotopic (exact) mass is 275 g/mol. The van der Waals surface area contributed by atoms with Crippen molar-refractivity contribution in [2.24, 2.45) is 10.1 Å². The third-order valence-corrected chi connectivity index (χ3v) is 3.61. The van der Waals surface area contributed by atoms with Crippen LogP contribution in [0.2, 0.25) is 0 Å². The number of methoxy groups -OCH3 is 1. The number of amidine groups is 1. The van der Waals surface area contributed by atoms with Crippen LogP contribution in [-0.4, -0.2) is 34.1 Å². The van der Waals surface area contributed by atoms with E-state index in [-0.39, 0.29) is 12.3 Å². The zero-order chi connectivity index (χ0) is 13.4. The molecule has 3 rings (SSSR count). The predicted molar refractivity (Wildman–Crippen MR) is 71.0 cm³/mol. The molecular formula is C12H9N3O3S. The summed E-state index contributed by atoms with van der Waals surface area (Å²) in [6, 6.07) is 7.31. The number of ether oxygens (including phenoxy) is 1. The summed E-state index contributed by atoms with van der Waals surface area (Å²) in [5.74, 6) is -0.0189. The van der Waals surface area contributed by atoms with Gasteiger partial charge in [-0.1, -0.05) is 0 Å². The van der Waals surface area contributed by atoms with Crippen LogP contribution in [0.4, 0.5) is 0 Å². The van der Waals surface area contributed by atoms with Gasteiger partial charge in [-0.25, -0.2) is 0 Å². The number of hydrogen-bond acceptors (Lipinski definition) is 5. The van der Waals surface area contributed by atoms with Crippen molar-refractivity contribution in [3.05, 3.63) is 29.8 Å². The molecule has 7 heteroatoms. The summed E-state index contributed by atoms with van der Waals surface area (Å²) < 4.78 is 5.08. The van der Waals surface area contributed by atoms with Gasteiger partial charge in [0.2, 0.25) is 5.17 Å². The topological polar surface area (TPSA) is 71.3 Å². The van der Waals surface area contributed by atoms with E-state index in [1.807, 2.05) is 24.3 Å². The van der Waals surface area contributed by atoms with Crippen LogP contribution in [0.25, 0.3) is 0 Å². The van der Waals surface area contributed by atoms with E-state index in [0.29, 0.717) is 10.2 Å². The van der Waals surface area contributed by atoms with Gasteiger partial charge in [-0.15, -0.1) is 0 Å². The average Bonchev–Trinajstić information content (AvgIpc) is 2.83. The molecule has 0 saturated carbocycles. The van der Waals surface area contributed by atoms with E-state index in [9.17, 15) is 9.59 Å². The molecule has 0 unspecified atom stereocenters. The molecule has 0 atom stereocenters. The van der Waals surface area contributed by atoms with Crippen LogP contribution in [0.5, 0.6) is 5.75 Å². The minimum Gasteiger partial charge on any atom is -0.497 e. The lowest BCUT2D eigenvalue weighted by Crippen LogP contribution is -2.33. The van der Waals surface area contributed by atoms with Crippen LogP contribution in [-0.2, 0) is 9.59 Å². The summed E-state index contributed by atoms with van der Waals surface area (Å²) in [7, 11) is 1.59. The van der Waals surface area contributed by atoms with Crippen molar-refractivity contribution in [1.82, 2.24) is 5.01 Å². The Bertz CT molecular complexity index is 622. The number of fused-ring (bicyclic) bond motifs is 1. The minimum absolute atomic E-state index is 0.219. The van der Waals surface area contributed by atoms with Crippen molar-refractivity contribution >= 4 is 33.8 Å². The van der Waals surface area contributed by atoms with E-state index < -0.39 is 5.91 Å². The van der Waals surface area contributed by atoms with Gasteiger partial charge in [0.05, 0.1) is 7.11 Å². The Morgan fingerprint density at radius 3 is 2.68 bits per heavy atom. The lowest BCUT2D eigenvalue weighted by molar-refractivity contribution is -0.133. The molecule has 0 N–H and O–H groups in total. The number of hydrazone groups is 1. The van der Waals surface area contributed by atoms with Gasteiger partial charge in [-0.05, 0) is 36.0 Å². The van der Waals surface area contributed by atoms with Gasteiger partial charge >= 0.3 is 0 Å². The third kappa shape index (κ3) is 2.12. The molecule has 2 amide bonds. The van der Waals surface area contributed by atoms with E-state index in [2.05, 4.69) is 10.1 Å². The molecule has 96 valence electrons. The third-order valence-electron chi connectivity index (χ3n) is 2.66. The molecule has 0 radical (unpaired) electrons. The first-order valence-electron chi connectivity index (χ1n) is 5.53. The second-order valence-electron chi connectivity index (χ2n) is 3.91. The quantitative estimate of drug-likeness (QED) is 0.761. The molecule has 6 nitrogen and oxygen atoms in total. The van der Waals surface area contributed by atoms with Crippen molar-refractivity contribution in [2.45, 2.75) is 6.42 Å². The van der Waals surface area contributed by atoms with Crippen LogP contribution < -0.4 is 4.74 Å². The highest BCUT2D eigenvalue weighted by Gasteiger charge is 2.34. The smallest absolute Gasteiger partial charge is 0.258 e. The van der Waals surface area contributed by atoms with Crippen LogP contribution in [0.15, 0.2) is 34.4 Å². The van der Waals surface area contributed by atoms with Gasteiger partial charge in [0.15, 0.2) is 0 Å². The fraction of sp³-hybridized carbons (Fsp3) is 0.167. The molecule has 0 fully saturated rings. The highest BCUT2D eigenvalue weighted by Crippen LogP contribution is 2.29. The molecular weight excluding hydrogens is 266 g/mol. The molecule has 0 bridgehead atoms. The molecule has 2 heterocycles. The van der Waals surface area contributed by atoms with Crippen molar-refractivity contribution in [2.75, 3.05) is 7.11 Å². The highest BCUT2D eigenvalue weighted by atomic mass is 32.2. The van der Waals surface area contributed by atoms with E-state index in [1.165, 1.54) is 16.8 Å². The summed E-state index contributed by atoms with van der Waals surface area (Å²) in [5, 5.41) is 6.35. The molecule has 1 aromatic rings. The van der Waals surface area contributed by atoms with Crippen molar-refractivity contribution in [3.63, 3.8) is 0 Å². The van der Waals surface area contributed by atoms with Gasteiger partial charge in [0, 0.05) is 5.56 Å². The maximum absolute atomic E-state index is 11.6. The summed E-state index contributed by atoms with van der Waals surface area (Å²) in [6.45, 7) is 0. The number of carbonyl (C=O) groups is 2. The Balaban J connectivity index is 1.91. The number of amides is 2. The maximum Gasteiger partial charge on any atom is 0.258 e. The summed E-state index contributed by atoms with van der Waals surface area (Å²) >= 11 is 1.21. The summed E-state index contributed by atoms with van der Waals surface area (Å²) in [4.78, 5) is 26.7. The number of aliphatic imine (C=N–C) groups is 1. The second-order valence-corrected chi connectivity index (χ2v) is 4.86. The number of thioether (sulfide) groups is 1. The van der Waals surface area contributed by atoms with E-state index >= 15 is 0 Å². The van der Waals surface area contributed by atoms with Crippen LogP contribution in [0.1, 0.15) is 12.0 Å². The number of benzene rings is 1. The first-order chi connectivity index (χ1) is 9.17. The molecule has 19 heavy (non-hydrogen) atoms. The van der Waals surface area contributed by atoms with E-state index in [0.717, 1.165) is 11.3 Å². The lowest BCUT2D eigenvalue weighted by atomic mass is 10.2. The highest BCUT2D eigenvalue weighted by molar-refractivity contribution is 8.27. The SMILES string of the molecule is COc1ccc(C2=NN3C(=O)CC(=O)N=C3S2)cc1. The Morgan fingerprint density at radius 2 is 2.00 bits per heavy atom. The van der Waals surface area contributed by atoms with Crippen LogP contribution in [0.3, 0.4) is 0 Å². The number of carbonyl (C=O) groups excluding carboxylic acids is 2. The molecule has 2 aliphatic rings. The zero-order valence-corrected chi connectivity index (χ0v) is 10.8. The van der Waals surface area contributed by atoms with Crippen LogP contribution >= 0.6 is 11.8 Å². The number of rotatable bonds is 2. The summed E-state index contributed by atoms with van der Waals surface area (Å²) in [5.41, 5.74) is 0.850. The van der Waals surface area contributed by atoms with Crippen molar-refractivity contribution in [1.29, 1.82) is 0 Å². The molecule has 1 aromatic carbocycles. The van der Waals surface area contributed by atoms with Gasteiger partial charge in [0.1, 0.15) is 17.2 Å². The van der Waals surface area contributed by atoms with E-state index in [4.69, 9.17) is 4.74 Å². The van der Waals surface area contributed by atoms with Gasteiger partial charge < -0.3 is 4.74 Å². The largest absolute Gasteiger partial charge is 0.497 e. The van der Waals surface area contributed by atoms with Crippen LogP contribution in [0, 0.1) is 0 Å². The Morgan fingerprint density at radius 1 is 1.26 bits per heavy atom. The maximum atomic E-state index is 11.6. The second kappa shape index (κ2) is 4.51. The fourth-order valence-electron chi connectivity index (χ4n) is 1.72. The van der Waals surface area contributed by atoms with E-state index in [1.54, 1.807) is 7.11 Å². The zero-order valence-electron chi connectivity index (χ0n) is 9.99. The molecule has 0 spiro atoms. The van der Waals surface area contributed by atoms with Gasteiger partial charge in [-0.2, -0.15) is 15.1 Å². The lowest BCUT2D eigenvalue weighted by Gasteiger charge is -2.14. The number of nitrogens with zero attached hydrogens (tertiary/aromatic N) is 3. The molecule has 0 aliphatic carbocycles. The first kappa shape index (κ1) is 11.9. The predicted octanol–water partition coefficient (Wildman–Crippen LogP) is 1.22. The molecule has 0 saturated heterocycles. The Kier molecular flexibility index (Phi) is 2.83. The average molecular weight is 275 g/mol. The van der Waals surface area contributed by atoms with Gasteiger partial charge in [0.25, 0.3) is 11.8 Å². The normalized spacial score (nSPS) is 18.1. The Hall–Kier alpha value is -2.15. The Labute approximate surface area is 113 Å². The molecule has 0 aromatic heterocycles. The van der Waals surface area contributed by atoms with Gasteiger partial charge in [-0.3, -0.25) is 9.59 Å². The first-order valence-corrected chi connectivity index (χ1v) is 6.34.